The van der Waals surface area contributed by atoms with Crippen LogP contribution in [0.2, 0.25) is 0 Å². The molecule has 0 aromatic heterocycles. The van der Waals surface area contributed by atoms with Crippen LogP contribution < -0.4 is 0 Å². The van der Waals surface area contributed by atoms with Crippen molar-refractivity contribution in [1.82, 2.24) is 9.80 Å². The van der Waals surface area contributed by atoms with Gasteiger partial charge < -0.3 is 9.64 Å². The lowest BCUT2D eigenvalue weighted by molar-refractivity contribution is -0.143. The number of halogens is 3. The number of nitrogens with zero attached hydrogens (tertiary/aromatic N) is 2. The number of esters is 1. The summed E-state index contributed by atoms with van der Waals surface area (Å²) < 4.78 is 19.6. The number of rotatable bonds is 11. The number of likely N-dealkylation sites (tertiary alicyclic amines) is 1. The van der Waals surface area contributed by atoms with Crippen LogP contribution in [-0.2, 0) is 14.3 Å². The maximum Gasteiger partial charge on any atom is 0.305 e. The molecular weight excluding hydrogens is 498 g/mol. The molecule has 1 aromatic carbocycles. The van der Waals surface area contributed by atoms with Gasteiger partial charge in [0.25, 0.3) is 0 Å². The first kappa shape index (κ1) is 30.9. The molecular formula is C25H37Cl2FN2O3S. The molecule has 2 aliphatic rings. The molecule has 2 unspecified atom stereocenters. The lowest BCUT2D eigenvalue weighted by Gasteiger charge is -2.38. The van der Waals surface area contributed by atoms with Crippen LogP contribution in [0.15, 0.2) is 35.9 Å². The molecule has 5 nitrogen and oxygen atoms in total. The van der Waals surface area contributed by atoms with E-state index in [4.69, 9.17) is 17.4 Å². The second-order valence-electron chi connectivity index (χ2n) is 8.83. The fraction of sp³-hybridized carbons (Fsp3) is 0.600. The van der Waals surface area contributed by atoms with Crippen molar-refractivity contribution in [3.63, 3.8) is 0 Å². The number of carbonyl (C=O) groups excluding carboxylic acids is 2. The van der Waals surface area contributed by atoms with E-state index in [1.807, 2.05) is 14.0 Å². The molecule has 0 amide bonds. The summed E-state index contributed by atoms with van der Waals surface area (Å²) >= 11 is 4.77. The summed E-state index contributed by atoms with van der Waals surface area (Å²) in [5.41, 5.74) is 1.65. The highest BCUT2D eigenvalue weighted by molar-refractivity contribution is 7.81. The number of ether oxygens (including phenoxy) is 1. The molecule has 0 N–H and O–H groups in total. The van der Waals surface area contributed by atoms with Gasteiger partial charge >= 0.3 is 5.97 Å². The van der Waals surface area contributed by atoms with Crippen LogP contribution in [0.1, 0.15) is 50.6 Å². The van der Waals surface area contributed by atoms with Gasteiger partial charge in [-0.3, -0.25) is 14.5 Å². The van der Waals surface area contributed by atoms with Gasteiger partial charge in [0, 0.05) is 42.8 Å². The van der Waals surface area contributed by atoms with Crippen LogP contribution in [0.5, 0.6) is 0 Å². The third kappa shape index (κ3) is 8.83. The van der Waals surface area contributed by atoms with Gasteiger partial charge in [0.15, 0.2) is 5.78 Å². The Balaban J connectivity index is 0.00000289. The average molecular weight is 536 g/mol. The molecule has 1 aromatic rings. The highest BCUT2D eigenvalue weighted by Gasteiger charge is 2.40. The number of thiol groups is 1. The maximum atomic E-state index is 14.6. The molecule has 2 atom stereocenters. The van der Waals surface area contributed by atoms with Crippen molar-refractivity contribution in [1.29, 1.82) is 0 Å². The van der Waals surface area contributed by atoms with Gasteiger partial charge in [-0.05, 0) is 57.8 Å². The molecule has 1 saturated carbocycles. The second-order valence-corrected chi connectivity index (χ2v) is 9.45. The minimum absolute atomic E-state index is 0. The molecule has 1 heterocycles. The van der Waals surface area contributed by atoms with Gasteiger partial charge in [0.2, 0.25) is 0 Å². The number of hydrogen-bond acceptors (Lipinski definition) is 6. The third-order valence-electron chi connectivity index (χ3n) is 6.21. The van der Waals surface area contributed by atoms with Crippen LogP contribution >= 0.6 is 37.4 Å². The maximum absolute atomic E-state index is 14.6. The molecule has 34 heavy (non-hydrogen) atoms. The van der Waals surface area contributed by atoms with Gasteiger partial charge in [-0.1, -0.05) is 24.3 Å². The molecule has 192 valence electrons. The molecule has 0 spiro atoms. The average Bonchev–Trinajstić information content (AvgIpc) is 3.61. The van der Waals surface area contributed by atoms with Crippen LogP contribution in [0.3, 0.4) is 0 Å². The van der Waals surface area contributed by atoms with E-state index in [9.17, 15) is 14.0 Å². The molecule has 9 heteroatoms. The van der Waals surface area contributed by atoms with Crippen molar-refractivity contribution in [3.8, 4) is 0 Å². The highest BCUT2D eigenvalue weighted by atomic mass is 35.5. The Morgan fingerprint density at radius 3 is 2.62 bits per heavy atom. The van der Waals surface area contributed by atoms with Gasteiger partial charge in [-0.25, -0.2) is 4.39 Å². The van der Waals surface area contributed by atoms with E-state index in [1.165, 1.54) is 11.6 Å². The Labute approximate surface area is 220 Å². The molecule has 1 aliphatic heterocycles. The largest absolute Gasteiger partial charge is 0.466 e. The zero-order valence-electron chi connectivity index (χ0n) is 20.0. The van der Waals surface area contributed by atoms with E-state index < -0.39 is 6.04 Å². The number of likely N-dealkylation sites (N-methyl/N-ethyl adjacent to an activating group) is 1. The van der Waals surface area contributed by atoms with Gasteiger partial charge in [-0.2, -0.15) is 12.6 Å². The SMILES string of the molecule is CCOC(=O)CCCN(C)C/C=C1\CN(C(C(=O)C2CC2)c2ccccc2F)CCC1S.Cl.Cl. The standard InChI is InChI=1S/C25H35FN2O3S.2ClH/c1-3-31-23(29)9-6-14-27(2)15-12-19-17-28(16-13-22(19)32)24(25(30)18-10-11-18)20-7-4-5-8-21(20)26;;/h4-5,7-8,12,18,22,24,32H,3,6,9-11,13-17H2,1-2H3;2*1H/b19-12+;;. The van der Waals surface area contributed by atoms with Crippen molar-refractivity contribution in [2.75, 3.05) is 39.8 Å². The highest BCUT2D eigenvalue weighted by Crippen LogP contribution is 2.39. The number of ketones is 1. The third-order valence-corrected chi connectivity index (χ3v) is 6.80. The van der Waals surface area contributed by atoms with Crippen molar-refractivity contribution in [3.05, 3.63) is 47.3 Å². The summed E-state index contributed by atoms with van der Waals surface area (Å²) in [5.74, 6) is -0.266. The predicted molar refractivity (Wildman–Crippen MR) is 142 cm³/mol. The van der Waals surface area contributed by atoms with Crippen molar-refractivity contribution in [2.24, 2.45) is 5.92 Å². The van der Waals surface area contributed by atoms with Gasteiger partial charge in [-0.15, -0.1) is 24.8 Å². The summed E-state index contributed by atoms with van der Waals surface area (Å²) in [4.78, 5) is 28.9. The van der Waals surface area contributed by atoms with Crippen molar-refractivity contribution in [2.45, 2.75) is 50.3 Å². The van der Waals surface area contributed by atoms with E-state index in [-0.39, 0.29) is 53.6 Å². The van der Waals surface area contributed by atoms with Crippen molar-refractivity contribution >= 4 is 49.2 Å². The van der Waals surface area contributed by atoms with E-state index >= 15 is 0 Å². The molecule has 0 radical (unpaired) electrons. The second kappa shape index (κ2) is 15.1. The smallest absolute Gasteiger partial charge is 0.305 e. The van der Waals surface area contributed by atoms with Crippen LogP contribution in [0.4, 0.5) is 4.39 Å². The normalized spacial score (nSPS) is 20.4. The molecule has 0 bridgehead atoms. The van der Waals surface area contributed by atoms with Crippen LogP contribution in [0.25, 0.3) is 0 Å². The van der Waals surface area contributed by atoms with E-state index in [2.05, 4.69) is 15.9 Å². The first-order chi connectivity index (χ1) is 15.4. The lowest BCUT2D eigenvalue weighted by Crippen LogP contribution is -2.43. The zero-order chi connectivity index (χ0) is 23.1. The Hall–Kier alpha value is -1.12. The molecule has 2 fully saturated rings. The number of benzene rings is 1. The summed E-state index contributed by atoms with van der Waals surface area (Å²) in [5, 5.41) is 0.136. The Bertz CT molecular complexity index is 838. The predicted octanol–water partition coefficient (Wildman–Crippen LogP) is 4.90. The van der Waals surface area contributed by atoms with Gasteiger partial charge in [0.1, 0.15) is 5.82 Å². The lowest BCUT2D eigenvalue weighted by atomic mass is 9.93. The number of piperidine rings is 1. The monoisotopic (exact) mass is 534 g/mol. The summed E-state index contributed by atoms with van der Waals surface area (Å²) in [6, 6.07) is 6.12. The number of Topliss-reactive ketones (excluding diaryl/α,β-unsaturated/α-hetero) is 1. The van der Waals surface area contributed by atoms with Gasteiger partial charge in [0.05, 0.1) is 12.6 Å². The molecule has 1 aliphatic carbocycles. The fourth-order valence-corrected chi connectivity index (χ4v) is 4.52. The fourth-order valence-electron chi connectivity index (χ4n) is 4.22. The summed E-state index contributed by atoms with van der Waals surface area (Å²) in [6.45, 7) is 5.09. The van der Waals surface area contributed by atoms with E-state index in [0.29, 0.717) is 25.1 Å². The van der Waals surface area contributed by atoms with Crippen molar-refractivity contribution < 1.29 is 18.7 Å². The zero-order valence-corrected chi connectivity index (χ0v) is 22.5. The summed E-state index contributed by atoms with van der Waals surface area (Å²) in [7, 11) is 2.02. The quantitative estimate of drug-likeness (QED) is 0.248. The first-order valence-electron chi connectivity index (χ1n) is 11.6. The Morgan fingerprint density at radius 1 is 1.26 bits per heavy atom. The van der Waals surface area contributed by atoms with E-state index in [0.717, 1.165) is 45.3 Å². The minimum Gasteiger partial charge on any atom is -0.466 e. The summed E-state index contributed by atoms with van der Waals surface area (Å²) in [6.07, 6.45) is 5.99. The Morgan fingerprint density at radius 2 is 1.97 bits per heavy atom. The number of hydrogen-bond donors (Lipinski definition) is 1. The minimum atomic E-state index is -0.532. The van der Waals surface area contributed by atoms with E-state index in [1.54, 1.807) is 18.2 Å². The molecule has 1 saturated heterocycles. The molecule has 3 rings (SSSR count). The Kier molecular flexibility index (Phi) is 13.7. The topological polar surface area (TPSA) is 49.9 Å². The first-order valence-corrected chi connectivity index (χ1v) is 12.2. The number of carbonyl (C=O) groups is 2. The van der Waals surface area contributed by atoms with Crippen LogP contribution in [-0.4, -0.2) is 66.6 Å². The van der Waals surface area contributed by atoms with Crippen LogP contribution in [0, 0.1) is 11.7 Å².